The van der Waals surface area contributed by atoms with Gasteiger partial charge in [-0.25, -0.2) is 0 Å². The maximum Gasteiger partial charge on any atom is 0.252 e. The first-order valence-electron chi connectivity index (χ1n) is 6.56. The zero-order valence-corrected chi connectivity index (χ0v) is 13.5. The first kappa shape index (κ1) is 15.9. The monoisotopic (exact) mass is 334 g/mol. The van der Waals surface area contributed by atoms with Crippen LogP contribution in [-0.4, -0.2) is 33.9 Å². The van der Waals surface area contributed by atoms with E-state index in [2.05, 4.69) is 5.32 Å². The number of hydrogen-bond donors (Lipinski definition) is 1. The Kier molecular flexibility index (Phi) is 5.19. The number of carbonyl (C=O) groups excluding carboxylic acids is 1. The van der Waals surface area contributed by atoms with Gasteiger partial charge in [-0.15, -0.1) is 0 Å². The summed E-state index contributed by atoms with van der Waals surface area (Å²) < 4.78 is -1.55. The highest BCUT2D eigenvalue weighted by molar-refractivity contribution is 6.68. The second kappa shape index (κ2) is 6.52. The molecule has 0 aliphatic carbocycles. The summed E-state index contributed by atoms with van der Waals surface area (Å²) in [6.07, 6.45) is 1.50. The van der Waals surface area contributed by atoms with Gasteiger partial charge in [0.2, 0.25) is 3.79 Å². The molecule has 1 unspecified atom stereocenters. The van der Waals surface area contributed by atoms with Gasteiger partial charge in [0.1, 0.15) is 6.17 Å². The fourth-order valence-corrected chi connectivity index (χ4v) is 2.95. The lowest BCUT2D eigenvalue weighted by Gasteiger charge is -2.33. The molecule has 1 heterocycles. The van der Waals surface area contributed by atoms with Crippen LogP contribution >= 0.6 is 34.8 Å². The van der Waals surface area contributed by atoms with E-state index in [1.165, 1.54) is 0 Å². The Bertz CT molecular complexity index is 482. The van der Waals surface area contributed by atoms with Gasteiger partial charge in [0, 0.05) is 18.7 Å². The SMILES string of the molecule is Cc1cccc(C(=O)NC(N2CCCC2)C(Cl)(Cl)Cl)c1. The molecule has 0 radical (unpaired) electrons. The number of nitrogens with one attached hydrogen (secondary N) is 1. The van der Waals surface area contributed by atoms with Gasteiger partial charge in [-0.3, -0.25) is 9.69 Å². The van der Waals surface area contributed by atoms with Gasteiger partial charge in [0.05, 0.1) is 0 Å². The number of amides is 1. The number of likely N-dealkylation sites (tertiary alicyclic amines) is 1. The van der Waals surface area contributed by atoms with E-state index in [0.29, 0.717) is 5.56 Å². The summed E-state index contributed by atoms with van der Waals surface area (Å²) in [7, 11) is 0. The summed E-state index contributed by atoms with van der Waals surface area (Å²) in [4.78, 5) is 14.3. The first-order chi connectivity index (χ1) is 9.38. The average molecular weight is 336 g/mol. The minimum atomic E-state index is -1.55. The van der Waals surface area contributed by atoms with Gasteiger partial charge in [-0.05, 0) is 31.9 Å². The molecule has 110 valence electrons. The molecule has 1 atom stereocenters. The number of nitrogens with zero attached hydrogens (tertiary/aromatic N) is 1. The molecular weight excluding hydrogens is 319 g/mol. The number of alkyl halides is 3. The van der Waals surface area contributed by atoms with Crippen molar-refractivity contribution in [1.82, 2.24) is 10.2 Å². The summed E-state index contributed by atoms with van der Waals surface area (Å²) in [6.45, 7) is 3.59. The van der Waals surface area contributed by atoms with E-state index in [9.17, 15) is 4.79 Å². The fourth-order valence-electron chi connectivity index (χ4n) is 2.37. The van der Waals surface area contributed by atoms with Crippen LogP contribution < -0.4 is 5.32 Å². The van der Waals surface area contributed by atoms with Crippen molar-refractivity contribution in [2.45, 2.75) is 29.7 Å². The summed E-state index contributed by atoms with van der Waals surface area (Å²) in [5.74, 6) is -0.225. The topological polar surface area (TPSA) is 32.3 Å². The van der Waals surface area contributed by atoms with Crippen LogP contribution in [-0.2, 0) is 0 Å². The third-order valence-electron chi connectivity index (χ3n) is 3.36. The molecule has 3 nitrogen and oxygen atoms in total. The molecule has 1 saturated heterocycles. The lowest BCUT2D eigenvalue weighted by molar-refractivity contribution is 0.0874. The molecule has 0 aromatic heterocycles. The highest BCUT2D eigenvalue weighted by atomic mass is 35.6. The largest absolute Gasteiger partial charge is 0.332 e. The normalized spacial score (nSPS) is 18.0. The molecule has 1 aliphatic rings. The molecule has 1 aromatic carbocycles. The maximum atomic E-state index is 12.3. The molecule has 1 aliphatic heterocycles. The standard InChI is InChI=1S/C14H17Cl3N2O/c1-10-5-4-6-11(9-10)12(20)18-13(14(15,16)17)19-7-2-3-8-19/h4-6,9,13H,2-3,7-8H2,1H3,(H,18,20). The summed E-state index contributed by atoms with van der Waals surface area (Å²) in [6, 6.07) is 7.34. The van der Waals surface area contributed by atoms with Crippen molar-refractivity contribution < 1.29 is 4.79 Å². The predicted octanol–water partition coefficient (Wildman–Crippen LogP) is 3.52. The van der Waals surface area contributed by atoms with E-state index >= 15 is 0 Å². The molecule has 1 fully saturated rings. The number of rotatable bonds is 3. The molecule has 1 N–H and O–H groups in total. The molecule has 2 rings (SSSR count). The Hall–Kier alpha value is -0.480. The summed E-state index contributed by atoms with van der Waals surface area (Å²) in [5, 5.41) is 2.83. The van der Waals surface area contributed by atoms with Crippen LogP contribution in [0, 0.1) is 6.92 Å². The van der Waals surface area contributed by atoms with Crippen LogP contribution in [0.1, 0.15) is 28.8 Å². The van der Waals surface area contributed by atoms with Crippen molar-refractivity contribution in [3.05, 3.63) is 35.4 Å². The number of aryl methyl sites for hydroxylation is 1. The summed E-state index contributed by atoms with van der Waals surface area (Å²) in [5.41, 5.74) is 1.59. The third kappa shape index (κ3) is 4.01. The van der Waals surface area contributed by atoms with Crippen molar-refractivity contribution >= 4 is 40.7 Å². The Balaban J connectivity index is 2.13. The summed E-state index contributed by atoms with van der Waals surface area (Å²) >= 11 is 18.0. The molecule has 6 heteroatoms. The average Bonchev–Trinajstić information content (AvgIpc) is 2.87. The molecule has 0 bridgehead atoms. The number of halogens is 3. The highest BCUT2D eigenvalue weighted by Crippen LogP contribution is 2.33. The van der Waals surface area contributed by atoms with E-state index in [-0.39, 0.29) is 5.91 Å². The Labute approximate surface area is 134 Å². The van der Waals surface area contributed by atoms with Crippen LogP contribution in [0.5, 0.6) is 0 Å². The van der Waals surface area contributed by atoms with Crippen molar-refractivity contribution in [2.75, 3.05) is 13.1 Å². The first-order valence-corrected chi connectivity index (χ1v) is 7.69. The van der Waals surface area contributed by atoms with Crippen molar-refractivity contribution in [3.8, 4) is 0 Å². The van der Waals surface area contributed by atoms with Gasteiger partial charge in [0.25, 0.3) is 5.91 Å². The van der Waals surface area contributed by atoms with Crippen LogP contribution in [0.25, 0.3) is 0 Å². The van der Waals surface area contributed by atoms with E-state index in [1.807, 2.05) is 30.0 Å². The van der Waals surface area contributed by atoms with E-state index < -0.39 is 9.96 Å². The molecule has 1 aromatic rings. The second-order valence-corrected chi connectivity index (χ2v) is 7.40. The molecule has 0 spiro atoms. The quantitative estimate of drug-likeness (QED) is 0.857. The minimum absolute atomic E-state index is 0.225. The fraction of sp³-hybridized carbons (Fsp3) is 0.500. The lowest BCUT2D eigenvalue weighted by Crippen LogP contribution is -2.54. The molecular formula is C14H17Cl3N2O. The van der Waals surface area contributed by atoms with E-state index in [4.69, 9.17) is 34.8 Å². The second-order valence-electron chi connectivity index (χ2n) is 5.03. The predicted molar refractivity (Wildman–Crippen MR) is 83.5 cm³/mol. The zero-order valence-electron chi connectivity index (χ0n) is 11.2. The van der Waals surface area contributed by atoms with Gasteiger partial charge in [-0.2, -0.15) is 0 Å². The number of carbonyl (C=O) groups is 1. The van der Waals surface area contributed by atoms with Crippen LogP contribution in [0.4, 0.5) is 0 Å². The molecule has 1 amide bonds. The molecule has 0 saturated carbocycles. The lowest BCUT2D eigenvalue weighted by atomic mass is 10.1. The van der Waals surface area contributed by atoms with Gasteiger partial charge < -0.3 is 5.32 Å². The Morgan fingerprint density at radius 2 is 1.95 bits per heavy atom. The number of benzene rings is 1. The van der Waals surface area contributed by atoms with Crippen molar-refractivity contribution in [3.63, 3.8) is 0 Å². The Morgan fingerprint density at radius 3 is 2.50 bits per heavy atom. The smallest absolute Gasteiger partial charge is 0.252 e. The zero-order chi connectivity index (χ0) is 14.8. The van der Waals surface area contributed by atoms with Gasteiger partial charge in [0.15, 0.2) is 0 Å². The van der Waals surface area contributed by atoms with Crippen molar-refractivity contribution in [1.29, 1.82) is 0 Å². The van der Waals surface area contributed by atoms with E-state index in [0.717, 1.165) is 31.5 Å². The van der Waals surface area contributed by atoms with Crippen LogP contribution in [0.15, 0.2) is 24.3 Å². The van der Waals surface area contributed by atoms with Gasteiger partial charge >= 0.3 is 0 Å². The van der Waals surface area contributed by atoms with Crippen molar-refractivity contribution in [2.24, 2.45) is 0 Å². The highest BCUT2D eigenvalue weighted by Gasteiger charge is 2.39. The third-order valence-corrected chi connectivity index (χ3v) is 3.98. The van der Waals surface area contributed by atoms with Crippen LogP contribution in [0.2, 0.25) is 0 Å². The Morgan fingerprint density at radius 1 is 1.30 bits per heavy atom. The van der Waals surface area contributed by atoms with E-state index in [1.54, 1.807) is 6.07 Å². The van der Waals surface area contributed by atoms with Gasteiger partial charge in [-0.1, -0.05) is 52.5 Å². The van der Waals surface area contributed by atoms with Crippen LogP contribution in [0.3, 0.4) is 0 Å². The molecule has 20 heavy (non-hydrogen) atoms. The maximum absolute atomic E-state index is 12.3. The number of hydrogen-bond acceptors (Lipinski definition) is 2. The minimum Gasteiger partial charge on any atom is -0.332 e.